The summed E-state index contributed by atoms with van der Waals surface area (Å²) in [5, 5.41) is 35.6. The second-order valence-corrected chi connectivity index (χ2v) is 7.81. The van der Waals surface area contributed by atoms with Gasteiger partial charge >= 0.3 is 29.8 Å². The summed E-state index contributed by atoms with van der Waals surface area (Å²) in [5.74, 6) is -5.34. The number of hydrogen-bond donors (Lipinski definition) is 4. The van der Waals surface area contributed by atoms with Gasteiger partial charge in [-0.3, -0.25) is 14.4 Å². The predicted molar refractivity (Wildman–Crippen MR) is 121 cm³/mol. The van der Waals surface area contributed by atoms with E-state index >= 15 is 0 Å². The summed E-state index contributed by atoms with van der Waals surface area (Å²) in [6.07, 6.45) is 5.80. The summed E-state index contributed by atoms with van der Waals surface area (Å²) in [6, 6.07) is 0. The molecule has 0 rings (SSSR count). The van der Waals surface area contributed by atoms with Crippen LogP contribution in [0.15, 0.2) is 0 Å². The van der Waals surface area contributed by atoms with E-state index in [9.17, 15) is 24.0 Å². The molecule has 0 aliphatic carbocycles. The molecule has 35 heavy (non-hydrogen) atoms. The lowest BCUT2D eigenvalue weighted by Gasteiger charge is -2.13. The van der Waals surface area contributed by atoms with Crippen molar-refractivity contribution in [3.63, 3.8) is 0 Å². The SMILES string of the molecule is CC(=O)OC(=O)C(O)C(O)C(=O)OC(C)=O.CCCCCCCCCCCC(=O)OCC(O)CO. The van der Waals surface area contributed by atoms with E-state index in [-0.39, 0.29) is 19.2 Å². The van der Waals surface area contributed by atoms with E-state index in [4.69, 9.17) is 25.2 Å². The first kappa shape index (κ1) is 34.8. The van der Waals surface area contributed by atoms with Crippen LogP contribution in [-0.2, 0) is 38.2 Å². The molecule has 3 unspecified atom stereocenters. The van der Waals surface area contributed by atoms with Crippen LogP contribution in [0.5, 0.6) is 0 Å². The normalized spacial score (nSPS) is 12.9. The topological polar surface area (TPSA) is 194 Å². The first-order valence-corrected chi connectivity index (χ1v) is 11.7. The van der Waals surface area contributed by atoms with Gasteiger partial charge in [0.2, 0.25) is 0 Å². The standard InChI is InChI=1S/C15H30O4.C8H10O8/c1-2-3-4-5-6-7-8-9-10-11-15(18)19-13-14(17)12-16;1-3(9)15-7(13)5(11)6(12)8(14)16-4(2)10/h14,16-17H,2-13H2,1H3;5-6,11-12H,1-2H3. The van der Waals surface area contributed by atoms with E-state index in [1.807, 2.05) is 0 Å². The fourth-order valence-electron chi connectivity index (χ4n) is 2.56. The number of carbonyl (C=O) groups is 5. The van der Waals surface area contributed by atoms with Crippen LogP contribution in [0.2, 0.25) is 0 Å². The van der Waals surface area contributed by atoms with Crippen molar-refractivity contribution in [3.05, 3.63) is 0 Å². The van der Waals surface area contributed by atoms with Gasteiger partial charge in [-0.15, -0.1) is 0 Å². The second kappa shape index (κ2) is 22.1. The predicted octanol–water partition coefficient (Wildman–Crippen LogP) is 0.691. The molecule has 0 amide bonds. The summed E-state index contributed by atoms with van der Waals surface area (Å²) in [5.41, 5.74) is 0. The third-order valence-electron chi connectivity index (χ3n) is 4.40. The van der Waals surface area contributed by atoms with E-state index in [1.165, 1.54) is 44.9 Å². The van der Waals surface area contributed by atoms with Crippen molar-refractivity contribution in [2.75, 3.05) is 13.2 Å². The zero-order valence-electron chi connectivity index (χ0n) is 20.8. The molecule has 0 aliphatic heterocycles. The van der Waals surface area contributed by atoms with Crippen LogP contribution in [0.4, 0.5) is 0 Å². The van der Waals surface area contributed by atoms with Gasteiger partial charge in [-0.25, -0.2) is 9.59 Å². The largest absolute Gasteiger partial charge is 0.463 e. The monoisotopic (exact) mass is 508 g/mol. The molecule has 0 radical (unpaired) electrons. The van der Waals surface area contributed by atoms with Crippen molar-refractivity contribution in [2.24, 2.45) is 0 Å². The molecule has 4 N–H and O–H groups in total. The molecule has 204 valence electrons. The maximum Gasteiger partial charge on any atom is 0.345 e. The Hall–Kier alpha value is -2.41. The van der Waals surface area contributed by atoms with Crippen molar-refractivity contribution in [1.29, 1.82) is 0 Å². The van der Waals surface area contributed by atoms with Crippen molar-refractivity contribution in [3.8, 4) is 0 Å². The van der Waals surface area contributed by atoms with E-state index in [0.717, 1.165) is 26.7 Å². The van der Waals surface area contributed by atoms with Crippen LogP contribution < -0.4 is 0 Å². The number of rotatable bonds is 16. The molecule has 0 bridgehead atoms. The Morgan fingerprint density at radius 1 is 0.686 bits per heavy atom. The second-order valence-electron chi connectivity index (χ2n) is 7.81. The highest BCUT2D eigenvalue weighted by Crippen LogP contribution is 2.10. The van der Waals surface area contributed by atoms with Gasteiger partial charge in [-0.05, 0) is 6.42 Å². The minimum atomic E-state index is -2.30. The Morgan fingerprint density at radius 3 is 1.46 bits per heavy atom. The van der Waals surface area contributed by atoms with E-state index in [2.05, 4.69) is 16.4 Å². The Morgan fingerprint density at radius 2 is 1.09 bits per heavy atom. The Labute approximate surface area is 205 Å². The summed E-state index contributed by atoms with van der Waals surface area (Å²) < 4.78 is 12.6. The molecule has 12 nitrogen and oxygen atoms in total. The number of carbonyl (C=O) groups excluding carboxylic acids is 5. The zero-order valence-corrected chi connectivity index (χ0v) is 20.8. The molecule has 0 aromatic heterocycles. The first-order valence-electron chi connectivity index (χ1n) is 11.7. The summed E-state index contributed by atoms with van der Waals surface area (Å²) in [6.45, 7) is 3.53. The average molecular weight is 509 g/mol. The number of esters is 5. The average Bonchev–Trinajstić information content (AvgIpc) is 2.79. The van der Waals surface area contributed by atoms with Crippen LogP contribution >= 0.6 is 0 Å². The summed E-state index contributed by atoms with van der Waals surface area (Å²) in [7, 11) is 0. The van der Waals surface area contributed by atoms with Gasteiger partial charge in [0, 0.05) is 20.3 Å². The molecule has 0 saturated heterocycles. The molecule has 0 fully saturated rings. The van der Waals surface area contributed by atoms with Crippen LogP contribution in [0.3, 0.4) is 0 Å². The van der Waals surface area contributed by atoms with Crippen LogP contribution in [0.25, 0.3) is 0 Å². The molecule has 0 aromatic carbocycles. The Kier molecular flexibility index (Phi) is 21.9. The lowest BCUT2D eigenvalue weighted by Crippen LogP contribution is -2.42. The lowest BCUT2D eigenvalue weighted by molar-refractivity contribution is -0.179. The molecule has 12 heteroatoms. The fraction of sp³-hybridized carbons (Fsp3) is 0.783. The maximum absolute atomic E-state index is 11.3. The molecular formula is C23H40O12. The van der Waals surface area contributed by atoms with Crippen molar-refractivity contribution >= 4 is 29.8 Å². The zero-order chi connectivity index (χ0) is 27.2. The number of aliphatic hydroxyl groups excluding tert-OH is 4. The highest BCUT2D eigenvalue weighted by molar-refractivity contribution is 5.93. The molecule has 0 aliphatic rings. The van der Waals surface area contributed by atoms with Crippen LogP contribution in [0, 0.1) is 0 Å². The van der Waals surface area contributed by atoms with Gasteiger partial charge < -0.3 is 34.6 Å². The lowest BCUT2D eigenvalue weighted by atomic mass is 10.1. The highest BCUT2D eigenvalue weighted by Gasteiger charge is 2.34. The number of unbranched alkanes of at least 4 members (excludes halogenated alkanes) is 8. The smallest absolute Gasteiger partial charge is 0.345 e. The van der Waals surface area contributed by atoms with Gasteiger partial charge in [-0.1, -0.05) is 58.3 Å². The minimum Gasteiger partial charge on any atom is -0.463 e. The Bertz CT molecular complexity index is 602. The van der Waals surface area contributed by atoms with Gasteiger partial charge in [0.1, 0.15) is 12.7 Å². The Balaban J connectivity index is 0. The van der Waals surface area contributed by atoms with Gasteiger partial charge in [0.15, 0.2) is 12.2 Å². The number of hydrogen-bond acceptors (Lipinski definition) is 12. The van der Waals surface area contributed by atoms with Gasteiger partial charge in [-0.2, -0.15) is 0 Å². The summed E-state index contributed by atoms with van der Waals surface area (Å²) >= 11 is 0. The molecule has 0 spiro atoms. The fourth-order valence-corrected chi connectivity index (χ4v) is 2.56. The van der Waals surface area contributed by atoms with Crippen molar-refractivity contribution in [2.45, 2.75) is 103 Å². The third kappa shape index (κ3) is 21.8. The molecule has 0 saturated carbocycles. The first-order chi connectivity index (χ1) is 16.5. The molecular weight excluding hydrogens is 468 g/mol. The molecule has 3 atom stereocenters. The number of ether oxygens (including phenoxy) is 3. The van der Waals surface area contributed by atoms with E-state index in [1.54, 1.807) is 0 Å². The van der Waals surface area contributed by atoms with Crippen LogP contribution in [0.1, 0.15) is 85.0 Å². The molecule has 0 aromatic rings. The van der Waals surface area contributed by atoms with Gasteiger partial charge in [0.05, 0.1) is 6.61 Å². The van der Waals surface area contributed by atoms with Crippen molar-refractivity contribution in [1.82, 2.24) is 0 Å². The van der Waals surface area contributed by atoms with E-state index < -0.39 is 42.2 Å². The quantitative estimate of drug-likeness (QED) is 0.0987. The van der Waals surface area contributed by atoms with Crippen LogP contribution in [-0.4, -0.2) is 81.8 Å². The van der Waals surface area contributed by atoms with E-state index in [0.29, 0.717) is 6.42 Å². The highest BCUT2D eigenvalue weighted by atomic mass is 16.6. The third-order valence-corrected chi connectivity index (χ3v) is 4.40. The summed E-state index contributed by atoms with van der Waals surface area (Å²) in [4.78, 5) is 53.6. The minimum absolute atomic E-state index is 0.104. The van der Waals surface area contributed by atoms with Gasteiger partial charge in [0.25, 0.3) is 0 Å². The molecule has 0 heterocycles. The maximum atomic E-state index is 11.3. The number of aliphatic hydroxyl groups is 4. The van der Waals surface area contributed by atoms with Crippen molar-refractivity contribution < 1.29 is 58.6 Å².